The van der Waals surface area contributed by atoms with Gasteiger partial charge in [-0.2, -0.15) is 0 Å². The summed E-state index contributed by atoms with van der Waals surface area (Å²) < 4.78 is 4.75. The van der Waals surface area contributed by atoms with Gasteiger partial charge in [-0.3, -0.25) is 9.97 Å². The molecule has 6 aromatic heterocycles. The molecule has 6 heteroatoms. The van der Waals surface area contributed by atoms with E-state index in [1.165, 1.54) is 52.5 Å². The molecular formula is C50H34N4S2. The fourth-order valence-electron chi connectivity index (χ4n) is 8.42. The van der Waals surface area contributed by atoms with E-state index in [4.69, 9.17) is 0 Å². The summed E-state index contributed by atoms with van der Waals surface area (Å²) in [5.74, 6) is 0. The number of fused-ring (bicyclic) bond motifs is 6. The molecule has 0 fully saturated rings. The molecule has 0 radical (unpaired) electrons. The number of rotatable bonds is 6. The lowest BCUT2D eigenvalue weighted by Gasteiger charge is -2.18. The van der Waals surface area contributed by atoms with Gasteiger partial charge in [0, 0.05) is 88.3 Å². The minimum atomic E-state index is 1.13. The van der Waals surface area contributed by atoms with Crippen LogP contribution in [0.25, 0.3) is 98.1 Å². The first-order chi connectivity index (χ1) is 27.6. The zero-order valence-electron chi connectivity index (χ0n) is 30.8. The molecule has 0 amide bonds. The number of benzene rings is 5. The second kappa shape index (κ2) is 13.0. The van der Waals surface area contributed by atoms with Gasteiger partial charge in [-0.15, -0.1) is 22.7 Å². The molecule has 0 aliphatic carbocycles. The Morgan fingerprint density at radius 3 is 1.25 bits per heavy atom. The van der Waals surface area contributed by atoms with Gasteiger partial charge >= 0.3 is 0 Å². The third-order valence-corrected chi connectivity index (χ3v) is 13.0. The van der Waals surface area contributed by atoms with Gasteiger partial charge in [0.15, 0.2) is 0 Å². The van der Waals surface area contributed by atoms with E-state index >= 15 is 0 Å². The van der Waals surface area contributed by atoms with Gasteiger partial charge in [0.1, 0.15) is 0 Å². The van der Waals surface area contributed by atoms with E-state index in [0.717, 1.165) is 55.3 Å². The first-order valence-corrected chi connectivity index (χ1v) is 20.4. The first kappa shape index (κ1) is 32.8. The average molecular weight is 755 g/mol. The van der Waals surface area contributed by atoms with Crippen LogP contribution in [0.4, 0.5) is 0 Å². The Morgan fingerprint density at radius 1 is 0.393 bits per heavy atom. The van der Waals surface area contributed by atoms with Crippen LogP contribution in [0.5, 0.6) is 0 Å². The van der Waals surface area contributed by atoms with Gasteiger partial charge in [-0.25, -0.2) is 0 Å². The number of nitrogens with zero attached hydrogens (tertiary/aromatic N) is 4. The molecule has 0 aliphatic heterocycles. The molecule has 0 N–H and O–H groups in total. The SMILES string of the molecule is Cc1ccc(-c2cc(-c3ccc4c5cnccc5n(-c5ccccc5)c4c3)c(-c3ccc4c5cnccc5n(-c5ccccc5)c4c3)cc2-c2ccc(C)s2)s1. The Hall–Kier alpha value is -6.60. The lowest BCUT2D eigenvalue weighted by molar-refractivity contribution is 1.17. The monoisotopic (exact) mass is 754 g/mol. The fourth-order valence-corrected chi connectivity index (χ4v) is 10.2. The van der Waals surface area contributed by atoms with Gasteiger partial charge in [-0.1, -0.05) is 60.7 Å². The van der Waals surface area contributed by atoms with Crippen LogP contribution in [0.15, 0.2) is 170 Å². The van der Waals surface area contributed by atoms with Crippen molar-refractivity contribution in [1.82, 2.24) is 19.1 Å². The Balaban J connectivity index is 1.23. The maximum atomic E-state index is 4.54. The highest BCUT2D eigenvalue weighted by atomic mass is 32.1. The zero-order chi connectivity index (χ0) is 37.3. The minimum Gasteiger partial charge on any atom is -0.309 e. The van der Waals surface area contributed by atoms with E-state index in [1.54, 1.807) is 0 Å². The van der Waals surface area contributed by atoms with Crippen molar-refractivity contribution >= 4 is 66.3 Å². The average Bonchev–Trinajstić information content (AvgIpc) is 4.03. The number of aryl methyl sites for hydroxylation is 2. The smallest absolute Gasteiger partial charge is 0.0571 e. The summed E-state index contributed by atoms with van der Waals surface area (Å²) in [7, 11) is 0. The normalized spacial score (nSPS) is 11.8. The number of aromatic nitrogens is 4. The molecule has 56 heavy (non-hydrogen) atoms. The van der Waals surface area contributed by atoms with Crippen LogP contribution in [-0.4, -0.2) is 19.1 Å². The van der Waals surface area contributed by atoms with E-state index in [9.17, 15) is 0 Å². The molecule has 0 saturated heterocycles. The maximum Gasteiger partial charge on any atom is 0.0571 e. The number of pyridine rings is 2. The van der Waals surface area contributed by atoms with Crippen LogP contribution in [-0.2, 0) is 0 Å². The molecular weight excluding hydrogens is 721 g/mol. The lowest BCUT2D eigenvalue weighted by Crippen LogP contribution is -1.95. The molecule has 11 rings (SSSR count). The van der Waals surface area contributed by atoms with Crippen LogP contribution in [0.2, 0.25) is 0 Å². The Morgan fingerprint density at radius 2 is 0.839 bits per heavy atom. The summed E-state index contributed by atoms with van der Waals surface area (Å²) >= 11 is 3.71. The van der Waals surface area contributed by atoms with Gasteiger partial charge in [-0.05, 0) is 121 Å². The minimum absolute atomic E-state index is 1.13. The number of thiophene rings is 2. The topological polar surface area (TPSA) is 35.6 Å². The Kier molecular flexibility index (Phi) is 7.62. The molecule has 0 unspecified atom stereocenters. The summed E-state index contributed by atoms with van der Waals surface area (Å²) in [5, 5.41) is 4.66. The highest BCUT2D eigenvalue weighted by Gasteiger charge is 2.21. The van der Waals surface area contributed by atoms with Gasteiger partial charge in [0.05, 0.1) is 22.1 Å². The van der Waals surface area contributed by atoms with Crippen molar-refractivity contribution in [2.24, 2.45) is 0 Å². The predicted octanol–water partition coefficient (Wildman–Crippen LogP) is 14.1. The molecule has 0 atom stereocenters. The molecule has 0 spiro atoms. The van der Waals surface area contributed by atoms with Gasteiger partial charge < -0.3 is 9.13 Å². The Labute approximate surface area is 332 Å². The highest BCUT2D eigenvalue weighted by molar-refractivity contribution is 7.16. The molecule has 0 aliphatic rings. The first-order valence-electron chi connectivity index (χ1n) is 18.8. The summed E-state index contributed by atoms with van der Waals surface area (Å²) in [4.78, 5) is 14.2. The molecule has 0 saturated carbocycles. The summed E-state index contributed by atoms with van der Waals surface area (Å²) in [6, 6.07) is 53.4. The zero-order valence-corrected chi connectivity index (χ0v) is 32.4. The van der Waals surface area contributed by atoms with Crippen molar-refractivity contribution in [3.8, 4) is 54.5 Å². The van der Waals surface area contributed by atoms with E-state index < -0.39 is 0 Å². The standard InChI is InChI=1S/C50H34N4S2/c1-31-13-19-49(55-31)41-27-39(33-15-17-37-43-29-51-23-21-45(43)53(47(37)25-33)35-9-5-3-6-10-35)40(28-42(41)50-20-14-32(2)56-50)34-16-18-38-44-30-52-24-22-46(44)54(48(38)26-34)36-11-7-4-8-12-36/h3-30H,1-2H3. The number of para-hydroxylation sites is 2. The van der Waals surface area contributed by atoms with Gasteiger partial charge in [0.2, 0.25) is 0 Å². The fraction of sp³-hybridized carbons (Fsp3) is 0.0400. The summed E-state index contributed by atoms with van der Waals surface area (Å²) in [6.07, 6.45) is 7.77. The second-order valence-corrected chi connectivity index (χ2v) is 16.9. The van der Waals surface area contributed by atoms with Crippen molar-refractivity contribution in [1.29, 1.82) is 0 Å². The molecule has 6 heterocycles. The van der Waals surface area contributed by atoms with E-state index in [1.807, 2.05) is 47.5 Å². The van der Waals surface area contributed by atoms with Crippen molar-refractivity contribution in [3.63, 3.8) is 0 Å². The molecule has 4 nitrogen and oxygen atoms in total. The summed E-state index contributed by atoms with van der Waals surface area (Å²) in [5.41, 5.74) is 14.1. The molecule has 11 aromatic rings. The van der Waals surface area contributed by atoms with E-state index in [-0.39, 0.29) is 0 Å². The summed E-state index contributed by atoms with van der Waals surface area (Å²) in [6.45, 7) is 4.39. The number of hydrogen-bond acceptors (Lipinski definition) is 4. The largest absolute Gasteiger partial charge is 0.309 e. The molecule has 0 bridgehead atoms. The van der Waals surface area contributed by atoms with Gasteiger partial charge in [0.25, 0.3) is 0 Å². The second-order valence-electron chi connectivity index (χ2n) is 14.4. The predicted molar refractivity (Wildman–Crippen MR) is 238 cm³/mol. The van der Waals surface area contributed by atoms with Crippen molar-refractivity contribution in [3.05, 3.63) is 180 Å². The van der Waals surface area contributed by atoms with E-state index in [0.29, 0.717) is 0 Å². The lowest BCUT2D eigenvalue weighted by atomic mass is 9.88. The Bertz CT molecular complexity index is 3050. The molecule has 266 valence electrons. The maximum absolute atomic E-state index is 4.54. The van der Waals surface area contributed by atoms with Crippen molar-refractivity contribution < 1.29 is 0 Å². The van der Waals surface area contributed by atoms with Crippen molar-refractivity contribution in [2.45, 2.75) is 13.8 Å². The van der Waals surface area contributed by atoms with Crippen LogP contribution in [0.1, 0.15) is 9.75 Å². The third kappa shape index (κ3) is 5.25. The van der Waals surface area contributed by atoms with Crippen LogP contribution in [0.3, 0.4) is 0 Å². The van der Waals surface area contributed by atoms with E-state index in [2.05, 4.69) is 179 Å². The quantitative estimate of drug-likeness (QED) is 0.169. The van der Waals surface area contributed by atoms with Crippen LogP contribution < -0.4 is 0 Å². The number of hydrogen-bond donors (Lipinski definition) is 0. The highest BCUT2D eigenvalue weighted by Crippen LogP contribution is 2.47. The molecule has 5 aromatic carbocycles. The third-order valence-electron chi connectivity index (χ3n) is 11.0. The van der Waals surface area contributed by atoms with Crippen molar-refractivity contribution in [2.75, 3.05) is 0 Å². The van der Waals surface area contributed by atoms with Crippen LogP contribution >= 0.6 is 22.7 Å². The van der Waals surface area contributed by atoms with Crippen LogP contribution in [0, 0.1) is 13.8 Å².